The van der Waals surface area contributed by atoms with Crippen molar-refractivity contribution < 1.29 is 13.5 Å². The quantitative estimate of drug-likeness (QED) is 0.401. The van der Waals surface area contributed by atoms with E-state index in [2.05, 4.69) is 16.5 Å². The summed E-state index contributed by atoms with van der Waals surface area (Å²) in [6.45, 7) is 4.74. The van der Waals surface area contributed by atoms with Gasteiger partial charge in [-0.2, -0.15) is 0 Å². The number of hydrogen-bond donors (Lipinski definition) is 0. The van der Waals surface area contributed by atoms with E-state index in [1.807, 2.05) is 19.1 Å². The van der Waals surface area contributed by atoms with Crippen molar-refractivity contribution in [1.82, 2.24) is 9.55 Å². The van der Waals surface area contributed by atoms with Crippen molar-refractivity contribution in [3.05, 3.63) is 94.9 Å². The van der Waals surface area contributed by atoms with Gasteiger partial charge >= 0.3 is 0 Å². The Morgan fingerprint density at radius 1 is 0.966 bits per heavy atom. The number of benzene rings is 2. The smallest absolute Gasteiger partial charge is 0.132 e. The molecule has 0 aliphatic rings. The van der Waals surface area contributed by atoms with Crippen molar-refractivity contribution in [2.45, 2.75) is 27.0 Å². The van der Waals surface area contributed by atoms with Crippen LogP contribution in [0.15, 0.2) is 60.8 Å². The average molecular weight is 415 g/mol. The molecule has 2 aromatic carbocycles. The number of pyridine rings is 1. The Morgan fingerprint density at radius 3 is 2.41 bits per heavy atom. The Hall–Kier alpha value is -2.92. The van der Waals surface area contributed by atoms with Gasteiger partial charge in [-0.05, 0) is 55.8 Å². The van der Waals surface area contributed by atoms with Crippen molar-refractivity contribution in [2.24, 2.45) is 0 Å². The molecule has 0 N–H and O–H groups in total. The molecule has 0 atom stereocenters. The van der Waals surface area contributed by atoms with Crippen LogP contribution in [0.5, 0.6) is 5.75 Å². The number of nitrogens with zero attached hydrogens (tertiary/aromatic N) is 2. The lowest BCUT2D eigenvalue weighted by molar-refractivity contribution is 0.302. The van der Waals surface area contributed by atoms with Gasteiger partial charge in [0.25, 0.3) is 0 Å². The molecule has 3 nitrogen and oxygen atoms in total. The highest BCUT2D eigenvalue weighted by Gasteiger charge is 2.17. The zero-order valence-corrected chi connectivity index (χ0v) is 17.0. The third-order valence-corrected chi connectivity index (χ3v) is 5.10. The van der Waals surface area contributed by atoms with E-state index in [1.54, 1.807) is 30.5 Å². The fourth-order valence-electron chi connectivity index (χ4n) is 3.45. The normalized spacial score (nSPS) is 10.8. The second-order valence-corrected chi connectivity index (χ2v) is 6.78. The molecule has 4 aromatic rings. The van der Waals surface area contributed by atoms with Crippen molar-refractivity contribution in [2.75, 3.05) is 0 Å². The van der Waals surface area contributed by atoms with Gasteiger partial charge in [0, 0.05) is 22.8 Å². The van der Waals surface area contributed by atoms with E-state index in [0.717, 1.165) is 27.9 Å². The molecule has 0 saturated carbocycles. The highest BCUT2D eigenvalue weighted by Crippen LogP contribution is 2.29. The first kappa shape index (κ1) is 20.8. The van der Waals surface area contributed by atoms with Crippen LogP contribution < -0.4 is 4.74 Å². The van der Waals surface area contributed by atoms with Crippen LogP contribution in [0.25, 0.3) is 10.9 Å². The van der Waals surface area contributed by atoms with Gasteiger partial charge in [0.1, 0.15) is 29.7 Å². The second kappa shape index (κ2) is 8.62. The lowest BCUT2D eigenvalue weighted by atomic mass is 10.2. The topological polar surface area (TPSA) is 27.1 Å². The highest BCUT2D eigenvalue weighted by atomic mass is 35.5. The van der Waals surface area contributed by atoms with Crippen LogP contribution in [0, 0.1) is 25.5 Å². The van der Waals surface area contributed by atoms with Gasteiger partial charge in [-0.1, -0.05) is 18.2 Å². The molecule has 4 rings (SSSR count). The molecule has 0 amide bonds. The van der Waals surface area contributed by atoms with E-state index in [0.29, 0.717) is 17.9 Å². The van der Waals surface area contributed by atoms with Gasteiger partial charge in [-0.3, -0.25) is 4.98 Å². The molecule has 6 heteroatoms. The number of hydrogen-bond acceptors (Lipinski definition) is 2. The summed E-state index contributed by atoms with van der Waals surface area (Å²) in [5.74, 6) is 0.0350. The van der Waals surface area contributed by atoms with Crippen LogP contribution in [-0.4, -0.2) is 9.55 Å². The van der Waals surface area contributed by atoms with Crippen molar-refractivity contribution in [1.29, 1.82) is 0 Å². The number of fused-ring (bicyclic) bond motifs is 1. The number of rotatable bonds is 5. The molecule has 0 unspecified atom stereocenters. The Morgan fingerprint density at radius 2 is 1.69 bits per heavy atom. The molecule has 0 bridgehead atoms. The Bertz CT molecular complexity index is 1140. The first-order valence-corrected chi connectivity index (χ1v) is 9.09. The van der Waals surface area contributed by atoms with Gasteiger partial charge < -0.3 is 9.30 Å². The molecule has 150 valence electrons. The summed E-state index contributed by atoms with van der Waals surface area (Å²) in [5, 5.41) is 1.07. The lowest BCUT2D eigenvalue weighted by Gasteiger charge is -2.13. The van der Waals surface area contributed by atoms with E-state index in [9.17, 15) is 8.78 Å². The Labute approximate surface area is 174 Å². The minimum absolute atomic E-state index is 0. The maximum Gasteiger partial charge on any atom is 0.132 e. The number of halogens is 3. The molecule has 0 radical (unpaired) electrons. The molecule has 0 aliphatic heterocycles. The van der Waals surface area contributed by atoms with E-state index < -0.39 is 0 Å². The lowest BCUT2D eigenvalue weighted by Crippen LogP contribution is -2.07. The van der Waals surface area contributed by atoms with E-state index >= 15 is 0 Å². The van der Waals surface area contributed by atoms with E-state index in [1.165, 1.54) is 18.2 Å². The second-order valence-electron chi connectivity index (χ2n) is 6.78. The van der Waals surface area contributed by atoms with Gasteiger partial charge in [0.15, 0.2) is 0 Å². The predicted molar refractivity (Wildman–Crippen MR) is 113 cm³/mol. The maximum atomic E-state index is 14.2. The molecular weight excluding hydrogens is 394 g/mol. The number of aromatic nitrogens is 2. The molecule has 29 heavy (non-hydrogen) atoms. The summed E-state index contributed by atoms with van der Waals surface area (Å²) < 4.78 is 35.2. The molecular formula is C23H21ClF2N2O. The summed E-state index contributed by atoms with van der Waals surface area (Å²) in [6, 6.07) is 14.7. The maximum absolute atomic E-state index is 14.2. The fourth-order valence-corrected chi connectivity index (χ4v) is 3.45. The zero-order valence-electron chi connectivity index (χ0n) is 16.2. The van der Waals surface area contributed by atoms with Crippen molar-refractivity contribution in [3.63, 3.8) is 0 Å². The van der Waals surface area contributed by atoms with E-state index in [-0.39, 0.29) is 30.6 Å². The van der Waals surface area contributed by atoms with Crippen LogP contribution in [0.3, 0.4) is 0 Å². The minimum Gasteiger partial charge on any atom is -0.487 e. The van der Waals surface area contributed by atoms with Crippen LogP contribution in [0.2, 0.25) is 0 Å². The van der Waals surface area contributed by atoms with Crippen LogP contribution in [0.1, 0.15) is 22.5 Å². The largest absolute Gasteiger partial charge is 0.487 e. The van der Waals surface area contributed by atoms with Gasteiger partial charge in [-0.25, -0.2) is 8.78 Å². The summed E-state index contributed by atoms with van der Waals surface area (Å²) in [5.41, 5.74) is 4.51. The van der Waals surface area contributed by atoms with Gasteiger partial charge in [0.05, 0.1) is 12.1 Å². The minimum atomic E-state index is -0.308. The summed E-state index contributed by atoms with van der Waals surface area (Å²) in [4.78, 5) is 4.51. The van der Waals surface area contributed by atoms with Crippen molar-refractivity contribution >= 4 is 23.3 Å². The highest BCUT2D eigenvalue weighted by molar-refractivity contribution is 5.87. The first-order valence-electron chi connectivity index (χ1n) is 9.09. The molecule has 2 heterocycles. The number of ether oxygens (including phenoxy) is 1. The molecule has 2 aromatic heterocycles. The SMILES string of the molecule is Cc1c(C)n(Cc2ccccc2F)c2c(COc3ccc(F)cc3)nccc12.Cl. The van der Waals surface area contributed by atoms with E-state index in [4.69, 9.17) is 4.74 Å². The molecule has 0 spiro atoms. The first-order chi connectivity index (χ1) is 13.5. The summed E-state index contributed by atoms with van der Waals surface area (Å²) in [7, 11) is 0. The van der Waals surface area contributed by atoms with Crippen LogP contribution in [0.4, 0.5) is 8.78 Å². The summed E-state index contributed by atoms with van der Waals surface area (Å²) >= 11 is 0. The van der Waals surface area contributed by atoms with Crippen molar-refractivity contribution in [3.8, 4) is 5.75 Å². The standard InChI is InChI=1S/C23H20F2N2O.ClH/c1-15-16(2)27(13-17-5-3-4-6-21(17)25)23-20(15)11-12-26-22(23)14-28-19-9-7-18(24)8-10-19;/h3-12H,13-14H2,1-2H3;1H. The fraction of sp³-hybridized carbons (Fsp3) is 0.174. The van der Waals surface area contributed by atoms with Crippen LogP contribution >= 0.6 is 12.4 Å². The van der Waals surface area contributed by atoms with Gasteiger partial charge in [-0.15, -0.1) is 12.4 Å². The molecule has 0 fully saturated rings. The Balaban J connectivity index is 0.00000240. The molecule has 0 aliphatic carbocycles. The summed E-state index contributed by atoms with van der Waals surface area (Å²) in [6.07, 6.45) is 1.76. The predicted octanol–water partition coefficient (Wildman–Crippen LogP) is 5.98. The third kappa shape index (κ3) is 4.10. The average Bonchev–Trinajstić information content (AvgIpc) is 2.95. The zero-order chi connectivity index (χ0) is 19.7. The van der Waals surface area contributed by atoms with Gasteiger partial charge in [0.2, 0.25) is 0 Å². The third-order valence-electron chi connectivity index (χ3n) is 5.10. The Kier molecular flexibility index (Phi) is 6.18. The molecule has 0 saturated heterocycles. The monoisotopic (exact) mass is 414 g/mol. The van der Waals surface area contributed by atoms with Crippen LogP contribution in [-0.2, 0) is 13.2 Å². The number of aryl methyl sites for hydroxylation is 1.